The average molecular weight is 197 g/mol. The van der Waals surface area contributed by atoms with Crippen LogP contribution in [0.25, 0.3) is 0 Å². The molecule has 0 fully saturated rings. The van der Waals surface area contributed by atoms with Gasteiger partial charge in [0.1, 0.15) is 5.60 Å². The Morgan fingerprint density at radius 1 is 1.64 bits per heavy atom. The zero-order valence-corrected chi connectivity index (χ0v) is 9.07. The molecule has 1 rings (SSSR count). The second kappa shape index (κ2) is 4.11. The van der Waals surface area contributed by atoms with Crippen LogP contribution in [0.2, 0.25) is 0 Å². The molecule has 0 saturated heterocycles. The Hall–Kier alpha value is -0.870. The number of rotatable bonds is 4. The first-order valence-corrected chi connectivity index (χ1v) is 5.00. The van der Waals surface area contributed by atoms with Gasteiger partial charge >= 0.3 is 0 Å². The van der Waals surface area contributed by atoms with Crippen LogP contribution in [0, 0.1) is 5.92 Å². The van der Waals surface area contributed by atoms with Crippen LogP contribution in [0.15, 0.2) is 12.4 Å². The summed E-state index contributed by atoms with van der Waals surface area (Å²) in [6, 6.07) is 0. The number of hydrogen-bond acceptors (Lipinski definition) is 3. The van der Waals surface area contributed by atoms with Crippen LogP contribution in [-0.2, 0) is 12.1 Å². The molecular formula is C10H19N3O. The molecule has 1 aromatic heterocycles. The highest BCUT2D eigenvalue weighted by Gasteiger charge is 2.32. The Labute approximate surface area is 84.7 Å². The van der Waals surface area contributed by atoms with Gasteiger partial charge in [-0.3, -0.25) is 4.68 Å². The van der Waals surface area contributed by atoms with E-state index in [1.165, 1.54) is 0 Å². The number of hydrogen-bond donors (Lipinski definition) is 2. The molecule has 1 aromatic rings. The van der Waals surface area contributed by atoms with E-state index >= 15 is 0 Å². The Morgan fingerprint density at radius 2 is 2.29 bits per heavy atom. The summed E-state index contributed by atoms with van der Waals surface area (Å²) in [5, 5.41) is 14.4. The number of aliphatic hydroxyl groups is 1. The molecule has 0 radical (unpaired) electrons. The lowest BCUT2D eigenvalue weighted by Gasteiger charge is -2.29. The fourth-order valence-corrected chi connectivity index (χ4v) is 1.45. The number of aromatic nitrogens is 2. The molecule has 0 aliphatic carbocycles. The Kier molecular flexibility index (Phi) is 3.29. The van der Waals surface area contributed by atoms with E-state index in [2.05, 4.69) is 5.10 Å². The van der Waals surface area contributed by atoms with Gasteiger partial charge in [0, 0.05) is 24.8 Å². The van der Waals surface area contributed by atoms with E-state index < -0.39 is 5.60 Å². The average Bonchev–Trinajstić information content (AvgIpc) is 2.64. The SMILES string of the molecule is CCn1cc(C(O)(CN)C(C)C)cn1. The molecule has 3 N–H and O–H groups in total. The van der Waals surface area contributed by atoms with Crippen molar-refractivity contribution in [3.05, 3.63) is 18.0 Å². The summed E-state index contributed by atoms with van der Waals surface area (Å²) in [5.74, 6) is 0.0852. The van der Waals surface area contributed by atoms with Gasteiger partial charge in [-0.15, -0.1) is 0 Å². The van der Waals surface area contributed by atoms with Crippen LogP contribution in [0.3, 0.4) is 0 Å². The maximum atomic E-state index is 10.3. The molecule has 14 heavy (non-hydrogen) atoms. The summed E-state index contributed by atoms with van der Waals surface area (Å²) in [7, 11) is 0. The molecule has 1 heterocycles. The third-order valence-electron chi connectivity index (χ3n) is 2.72. The minimum atomic E-state index is -0.951. The lowest BCUT2D eigenvalue weighted by atomic mass is 9.85. The second-order valence-corrected chi connectivity index (χ2v) is 3.87. The van der Waals surface area contributed by atoms with Gasteiger partial charge in [0.25, 0.3) is 0 Å². The normalized spacial score (nSPS) is 15.9. The smallest absolute Gasteiger partial charge is 0.107 e. The number of aryl methyl sites for hydroxylation is 1. The van der Waals surface area contributed by atoms with Gasteiger partial charge in [-0.2, -0.15) is 5.10 Å². The Bertz CT molecular complexity index is 295. The fourth-order valence-electron chi connectivity index (χ4n) is 1.45. The van der Waals surface area contributed by atoms with E-state index in [1.807, 2.05) is 27.0 Å². The zero-order chi connectivity index (χ0) is 10.8. The van der Waals surface area contributed by atoms with Gasteiger partial charge < -0.3 is 10.8 Å². The molecule has 0 amide bonds. The summed E-state index contributed by atoms with van der Waals surface area (Å²) in [6.45, 7) is 6.94. The lowest BCUT2D eigenvalue weighted by molar-refractivity contribution is -0.00121. The Balaban J connectivity index is 3.00. The number of nitrogens with two attached hydrogens (primary N) is 1. The fraction of sp³-hybridized carbons (Fsp3) is 0.700. The topological polar surface area (TPSA) is 64.1 Å². The van der Waals surface area contributed by atoms with Crippen molar-refractivity contribution in [3.63, 3.8) is 0 Å². The standard InChI is InChI=1S/C10H19N3O/c1-4-13-6-9(5-12-13)10(14,7-11)8(2)3/h5-6,8,14H,4,7,11H2,1-3H3. The predicted molar refractivity (Wildman–Crippen MR) is 55.7 cm³/mol. The van der Waals surface area contributed by atoms with Crippen LogP contribution in [-0.4, -0.2) is 21.4 Å². The van der Waals surface area contributed by atoms with Gasteiger partial charge in [0.2, 0.25) is 0 Å². The molecule has 0 spiro atoms. The molecule has 0 aromatic carbocycles. The van der Waals surface area contributed by atoms with E-state index in [0.717, 1.165) is 12.1 Å². The van der Waals surface area contributed by atoms with Gasteiger partial charge in [-0.25, -0.2) is 0 Å². The monoisotopic (exact) mass is 197 g/mol. The quantitative estimate of drug-likeness (QED) is 0.747. The first-order valence-electron chi connectivity index (χ1n) is 5.00. The maximum absolute atomic E-state index is 10.3. The summed E-state index contributed by atoms with van der Waals surface area (Å²) < 4.78 is 1.79. The second-order valence-electron chi connectivity index (χ2n) is 3.87. The van der Waals surface area contributed by atoms with Crippen molar-refractivity contribution in [2.24, 2.45) is 11.7 Å². The summed E-state index contributed by atoms with van der Waals surface area (Å²) in [6.07, 6.45) is 3.54. The van der Waals surface area contributed by atoms with Crippen LogP contribution in [0.5, 0.6) is 0 Å². The minimum absolute atomic E-state index is 0.0852. The molecule has 4 heteroatoms. The molecule has 1 unspecified atom stereocenters. The van der Waals surface area contributed by atoms with Crippen molar-refractivity contribution in [2.75, 3.05) is 6.54 Å². The third kappa shape index (κ3) is 1.81. The third-order valence-corrected chi connectivity index (χ3v) is 2.72. The van der Waals surface area contributed by atoms with Crippen LogP contribution < -0.4 is 5.73 Å². The van der Waals surface area contributed by atoms with Gasteiger partial charge in [0.05, 0.1) is 6.20 Å². The lowest BCUT2D eigenvalue weighted by Crippen LogP contribution is -2.39. The van der Waals surface area contributed by atoms with Crippen molar-refractivity contribution in [3.8, 4) is 0 Å². The van der Waals surface area contributed by atoms with Gasteiger partial charge in [0.15, 0.2) is 0 Å². The Morgan fingerprint density at radius 3 is 2.64 bits per heavy atom. The van der Waals surface area contributed by atoms with E-state index in [-0.39, 0.29) is 12.5 Å². The molecule has 80 valence electrons. The molecule has 0 bridgehead atoms. The first kappa shape index (κ1) is 11.2. The number of nitrogens with zero attached hydrogens (tertiary/aromatic N) is 2. The highest BCUT2D eigenvalue weighted by molar-refractivity contribution is 5.16. The predicted octanol–water partition coefficient (Wildman–Crippen LogP) is 0.705. The van der Waals surface area contributed by atoms with E-state index in [9.17, 15) is 5.11 Å². The molecule has 4 nitrogen and oxygen atoms in total. The molecule has 0 saturated carbocycles. The van der Waals surface area contributed by atoms with Crippen molar-refractivity contribution < 1.29 is 5.11 Å². The highest BCUT2D eigenvalue weighted by atomic mass is 16.3. The van der Waals surface area contributed by atoms with Crippen LogP contribution in [0.4, 0.5) is 0 Å². The van der Waals surface area contributed by atoms with Gasteiger partial charge in [-0.05, 0) is 12.8 Å². The van der Waals surface area contributed by atoms with Crippen molar-refractivity contribution in [1.82, 2.24) is 9.78 Å². The van der Waals surface area contributed by atoms with E-state index in [4.69, 9.17) is 5.73 Å². The van der Waals surface area contributed by atoms with Crippen molar-refractivity contribution >= 4 is 0 Å². The maximum Gasteiger partial charge on any atom is 0.107 e. The summed E-state index contributed by atoms with van der Waals surface area (Å²) in [4.78, 5) is 0. The largest absolute Gasteiger partial charge is 0.383 e. The zero-order valence-electron chi connectivity index (χ0n) is 9.07. The van der Waals surface area contributed by atoms with Crippen LogP contribution >= 0.6 is 0 Å². The minimum Gasteiger partial charge on any atom is -0.383 e. The molecular weight excluding hydrogens is 178 g/mol. The van der Waals surface area contributed by atoms with Crippen LogP contribution in [0.1, 0.15) is 26.3 Å². The van der Waals surface area contributed by atoms with E-state index in [0.29, 0.717) is 0 Å². The van der Waals surface area contributed by atoms with E-state index in [1.54, 1.807) is 10.9 Å². The highest BCUT2D eigenvalue weighted by Crippen LogP contribution is 2.27. The van der Waals surface area contributed by atoms with Gasteiger partial charge in [-0.1, -0.05) is 13.8 Å². The molecule has 1 atom stereocenters. The van der Waals surface area contributed by atoms with Crippen molar-refractivity contribution in [1.29, 1.82) is 0 Å². The first-order chi connectivity index (χ1) is 6.54. The molecule has 0 aliphatic rings. The summed E-state index contributed by atoms with van der Waals surface area (Å²) >= 11 is 0. The molecule has 0 aliphatic heterocycles. The van der Waals surface area contributed by atoms with Crippen molar-refractivity contribution in [2.45, 2.75) is 32.9 Å². The summed E-state index contributed by atoms with van der Waals surface area (Å²) in [5.41, 5.74) is 5.46.